The van der Waals surface area contributed by atoms with E-state index in [1.807, 2.05) is 17.7 Å². The lowest BCUT2D eigenvalue weighted by molar-refractivity contribution is 0.412. The van der Waals surface area contributed by atoms with E-state index in [1.54, 1.807) is 37.7 Å². The molecule has 0 spiro atoms. The van der Waals surface area contributed by atoms with Crippen LogP contribution in [0.2, 0.25) is 0 Å². The van der Waals surface area contributed by atoms with E-state index in [9.17, 15) is 5.11 Å². The van der Waals surface area contributed by atoms with Crippen LogP contribution in [0.5, 0.6) is 11.5 Å². The Labute approximate surface area is 110 Å². The minimum atomic E-state index is 0.173. The number of hydrogen-bond acceptors (Lipinski definition) is 4. The van der Waals surface area contributed by atoms with E-state index in [0.29, 0.717) is 17.1 Å². The summed E-state index contributed by atoms with van der Waals surface area (Å²) in [5.74, 6) is 1.53. The summed E-state index contributed by atoms with van der Waals surface area (Å²) < 4.78 is 7.08. The van der Waals surface area contributed by atoms with Gasteiger partial charge in [0.15, 0.2) is 0 Å². The van der Waals surface area contributed by atoms with E-state index in [2.05, 4.69) is 9.97 Å². The molecule has 0 radical (unpaired) electrons. The number of methoxy groups -OCH3 is 1. The van der Waals surface area contributed by atoms with Crippen LogP contribution in [0.25, 0.3) is 22.4 Å². The van der Waals surface area contributed by atoms with E-state index in [4.69, 9.17) is 4.74 Å². The van der Waals surface area contributed by atoms with Crippen molar-refractivity contribution in [3.63, 3.8) is 0 Å². The lowest BCUT2D eigenvalue weighted by Gasteiger charge is -2.07. The van der Waals surface area contributed by atoms with Gasteiger partial charge in [-0.25, -0.2) is 4.98 Å². The Morgan fingerprint density at radius 1 is 1.26 bits per heavy atom. The van der Waals surface area contributed by atoms with Gasteiger partial charge in [0.1, 0.15) is 17.3 Å². The van der Waals surface area contributed by atoms with E-state index in [1.165, 1.54) is 0 Å². The number of benzene rings is 1. The van der Waals surface area contributed by atoms with Gasteiger partial charge in [0.2, 0.25) is 0 Å². The number of aryl methyl sites for hydroxylation is 1. The number of hydrogen-bond donors (Lipinski definition) is 1. The quantitative estimate of drug-likeness (QED) is 0.763. The van der Waals surface area contributed by atoms with Crippen molar-refractivity contribution in [1.29, 1.82) is 0 Å². The molecule has 0 atom stereocenters. The van der Waals surface area contributed by atoms with Gasteiger partial charge in [0.25, 0.3) is 0 Å². The second-order valence-electron chi connectivity index (χ2n) is 4.24. The Hall–Kier alpha value is -2.56. The first kappa shape index (κ1) is 11.5. The third-order valence-electron chi connectivity index (χ3n) is 3.13. The second kappa shape index (κ2) is 4.28. The van der Waals surface area contributed by atoms with Crippen LogP contribution in [-0.2, 0) is 7.05 Å². The number of aromatic nitrogens is 3. The molecule has 0 saturated carbocycles. The molecule has 3 aromatic rings. The highest BCUT2D eigenvalue weighted by Gasteiger charge is 2.14. The molecule has 2 heterocycles. The third kappa shape index (κ3) is 1.79. The summed E-state index contributed by atoms with van der Waals surface area (Å²) in [6.45, 7) is 0. The summed E-state index contributed by atoms with van der Waals surface area (Å²) in [7, 11) is 3.49. The molecule has 5 nitrogen and oxygen atoms in total. The van der Waals surface area contributed by atoms with Crippen LogP contribution in [0.4, 0.5) is 0 Å². The fourth-order valence-electron chi connectivity index (χ4n) is 2.10. The lowest BCUT2D eigenvalue weighted by Crippen LogP contribution is -1.94. The highest BCUT2D eigenvalue weighted by atomic mass is 16.5. The first-order valence-corrected chi connectivity index (χ1v) is 5.84. The molecule has 0 aliphatic carbocycles. The summed E-state index contributed by atoms with van der Waals surface area (Å²) in [6, 6.07) is 6.93. The molecule has 19 heavy (non-hydrogen) atoms. The van der Waals surface area contributed by atoms with Crippen molar-refractivity contribution in [1.82, 2.24) is 14.5 Å². The molecule has 0 aliphatic rings. The topological polar surface area (TPSA) is 60.2 Å². The lowest BCUT2D eigenvalue weighted by atomic mass is 10.2. The van der Waals surface area contributed by atoms with Crippen LogP contribution in [0.3, 0.4) is 0 Å². The predicted molar refractivity (Wildman–Crippen MR) is 72.2 cm³/mol. The SMILES string of the molecule is COc1ccc(O)c(-c2nc3ccncc3n2C)c1. The predicted octanol–water partition coefficient (Wildman–Crippen LogP) is 2.35. The monoisotopic (exact) mass is 255 g/mol. The zero-order valence-electron chi connectivity index (χ0n) is 10.7. The maximum absolute atomic E-state index is 10.0. The number of pyridine rings is 1. The molecule has 1 aromatic carbocycles. The molecule has 2 aromatic heterocycles. The van der Waals surface area contributed by atoms with Gasteiger partial charge in [-0.15, -0.1) is 0 Å². The van der Waals surface area contributed by atoms with E-state index < -0.39 is 0 Å². The summed E-state index contributed by atoms with van der Waals surface area (Å²) in [5, 5.41) is 10.0. The van der Waals surface area contributed by atoms with Gasteiger partial charge < -0.3 is 14.4 Å². The van der Waals surface area contributed by atoms with Crippen molar-refractivity contribution in [2.24, 2.45) is 7.05 Å². The van der Waals surface area contributed by atoms with Crippen LogP contribution in [0.1, 0.15) is 0 Å². The van der Waals surface area contributed by atoms with E-state index >= 15 is 0 Å². The van der Waals surface area contributed by atoms with Crippen LogP contribution in [0, 0.1) is 0 Å². The normalized spacial score (nSPS) is 10.8. The van der Waals surface area contributed by atoms with Crippen LogP contribution < -0.4 is 4.74 Å². The minimum absolute atomic E-state index is 0.173. The first-order chi connectivity index (χ1) is 9.20. The van der Waals surface area contributed by atoms with Gasteiger partial charge in [0.05, 0.1) is 29.9 Å². The second-order valence-corrected chi connectivity index (χ2v) is 4.24. The Kier molecular flexibility index (Phi) is 2.59. The Balaban J connectivity index is 2.27. The molecular formula is C14H13N3O2. The van der Waals surface area contributed by atoms with Crippen molar-refractivity contribution in [2.75, 3.05) is 7.11 Å². The number of phenolic OH excluding ortho intramolecular Hbond substituents is 1. The molecule has 3 rings (SSSR count). The van der Waals surface area contributed by atoms with Crippen molar-refractivity contribution in [3.05, 3.63) is 36.7 Å². The summed E-state index contributed by atoms with van der Waals surface area (Å²) in [6.07, 6.45) is 3.45. The molecule has 0 bridgehead atoms. The summed E-state index contributed by atoms with van der Waals surface area (Å²) >= 11 is 0. The third-order valence-corrected chi connectivity index (χ3v) is 3.13. The van der Waals surface area contributed by atoms with Crippen molar-refractivity contribution >= 4 is 11.0 Å². The van der Waals surface area contributed by atoms with Crippen molar-refractivity contribution in [3.8, 4) is 22.9 Å². The van der Waals surface area contributed by atoms with Crippen LogP contribution in [0.15, 0.2) is 36.7 Å². The number of nitrogens with zero attached hydrogens (tertiary/aromatic N) is 3. The summed E-state index contributed by atoms with van der Waals surface area (Å²) in [5.41, 5.74) is 2.40. The molecule has 0 aliphatic heterocycles. The molecule has 0 amide bonds. The minimum Gasteiger partial charge on any atom is -0.507 e. The van der Waals surface area contributed by atoms with Gasteiger partial charge in [0, 0.05) is 13.2 Å². The van der Waals surface area contributed by atoms with E-state index in [0.717, 1.165) is 11.0 Å². The highest BCUT2D eigenvalue weighted by molar-refractivity contribution is 5.81. The average molecular weight is 255 g/mol. The van der Waals surface area contributed by atoms with Crippen LogP contribution in [-0.4, -0.2) is 26.8 Å². The zero-order chi connectivity index (χ0) is 13.4. The number of aromatic hydroxyl groups is 1. The van der Waals surface area contributed by atoms with Gasteiger partial charge in [-0.1, -0.05) is 0 Å². The molecule has 0 unspecified atom stereocenters. The van der Waals surface area contributed by atoms with Gasteiger partial charge in [-0.05, 0) is 24.3 Å². The summed E-state index contributed by atoms with van der Waals surface area (Å²) in [4.78, 5) is 8.61. The van der Waals surface area contributed by atoms with Crippen molar-refractivity contribution in [2.45, 2.75) is 0 Å². The molecule has 5 heteroatoms. The number of imidazole rings is 1. The van der Waals surface area contributed by atoms with Crippen LogP contribution >= 0.6 is 0 Å². The molecule has 0 saturated heterocycles. The number of phenols is 1. The average Bonchev–Trinajstić information content (AvgIpc) is 2.77. The van der Waals surface area contributed by atoms with Gasteiger partial charge in [-0.3, -0.25) is 4.98 Å². The largest absolute Gasteiger partial charge is 0.507 e. The molecule has 0 fully saturated rings. The number of ether oxygens (including phenoxy) is 1. The molecule has 96 valence electrons. The maximum Gasteiger partial charge on any atom is 0.144 e. The first-order valence-electron chi connectivity index (χ1n) is 5.84. The van der Waals surface area contributed by atoms with E-state index in [-0.39, 0.29) is 5.75 Å². The zero-order valence-corrected chi connectivity index (χ0v) is 10.7. The molecule has 1 N–H and O–H groups in total. The number of rotatable bonds is 2. The Bertz CT molecular complexity index is 750. The Morgan fingerprint density at radius 3 is 2.84 bits per heavy atom. The van der Waals surface area contributed by atoms with Gasteiger partial charge >= 0.3 is 0 Å². The maximum atomic E-state index is 10.0. The Morgan fingerprint density at radius 2 is 2.11 bits per heavy atom. The van der Waals surface area contributed by atoms with Crippen molar-refractivity contribution < 1.29 is 9.84 Å². The fraction of sp³-hybridized carbons (Fsp3) is 0.143. The fourth-order valence-corrected chi connectivity index (χ4v) is 2.10. The number of fused-ring (bicyclic) bond motifs is 1. The van der Waals surface area contributed by atoms with Gasteiger partial charge in [-0.2, -0.15) is 0 Å². The molecular weight excluding hydrogens is 242 g/mol. The highest BCUT2D eigenvalue weighted by Crippen LogP contribution is 2.33. The standard InChI is InChI=1S/C14H13N3O2/c1-17-12-8-15-6-5-11(12)16-14(17)10-7-9(19-2)3-4-13(10)18/h3-8,18H,1-2H3. The smallest absolute Gasteiger partial charge is 0.144 e.